The van der Waals surface area contributed by atoms with Crippen molar-refractivity contribution in [3.63, 3.8) is 0 Å². The molecule has 0 aromatic heterocycles. The van der Waals surface area contributed by atoms with Crippen LogP contribution in [0.1, 0.15) is 5.56 Å². The summed E-state index contributed by atoms with van der Waals surface area (Å²) in [5, 5.41) is 4.27. The lowest BCUT2D eigenvalue weighted by atomic mass is 10.2. The molecule has 1 aliphatic rings. The maximum absolute atomic E-state index is 6.00. The van der Waals surface area contributed by atoms with E-state index in [1.54, 1.807) is 0 Å². The summed E-state index contributed by atoms with van der Waals surface area (Å²) in [6.07, 6.45) is 0. The second-order valence-electron chi connectivity index (χ2n) is 5.03. The van der Waals surface area contributed by atoms with Crippen molar-refractivity contribution in [2.24, 2.45) is 0 Å². The molecule has 0 atom stereocenters. The smallest absolute Gasteiger partial charge is 0.0426 e. The van der Waals surface area contributed by atoms with Crippen LogP contribution >= 0.6 is 11.6 Å². The zero-order valence-electron chi connectivity index (χ0n) is 11.2. The zero-order valence-corrected chi connectivity index (χ0v) is 12.0. The summed E-state index contributed by atoms with van der Waals surface area (Å²) < 4.78 is 0. The fourth-order valence-electron chi connectivity index (χ4n) is 2.20. The Balaban J connectivity index is 1.76. The molecular weight excluding hydrogens is 246 g/mol. The van der Waals surface area contributed by atoms with Crippen LogP contribution in [-0.2, 0) is 0 Å². The van der Waals surface area contributed by atoms with Gasteiger partial charge in [-0.15, -0.1) is 0 Å². The second-order valence-corrected chi connectivity index (χ2v) is 5.47. The third kappa shape index (κ3) is 3.87. The van der Waals surface area contributed by atoms with Crippen LogP contribution in [0.5, 0.6) is 0 Å². The Morgan fingerprint density at radius 2 is 1.94 bits per heavy atom. The second kappa shape index (κ2) is 6.41. The van der Waals surface area contributed by atoms with E-state index >= 15 is 0 Å². The molecule has 2 rings (SSSR count). The number of likely N-dealkylation sites (N-methyl/N-ethyl adjacent to an activating group) is 1. The highest BCUT2D eigenvalue weighted by molar-refractivity contribution is 6.30. The van der Waals surface area contributed by atoms with E-state index in [2.05, 4.69) is 35.2 Å². The predicted octanol–water partition coefficient (Wildman–Crippen LogP) is 2.31. The minimum atomic E-state index is 0.794. The standard InChI is InChI=1S/C14H22ClN3/c1-12-3-4-13(15)11-14(12)16-5-6-18-9-7-17(2)8-10-18/h3-4,11,16H,5-10H2,1-2H3. The molecule has 100 valence electrons. The number of piperazine rings is 1. The van der Waals surface area contributed by atoms with Gasteiger partial charge in [-0.3, -0.25) is 4.90 Å². The molecule has 0 unspecified atom stereocenters. The fourth-order valence-corrected chi connectivity index (χ4v) is 2.38. The highest BCUT2D eigenvalue weighted by Gasteiger charge is 2.12. The summed E-state index contributed by atoms with van der Waals surface area (Å²) in [6.45, 7) is 8.88. The molecule has 3 nitrogen and oxygen atoms in total. The van der Waals surface area contributed by atoms with E-state index in [1.807, 2.05) is 12.1 Å². The molecule has 1 aromatic rings. The highest BCUT2D eigenvalue weighted by atomic mass is 35.5. The van der Waals surface area contributed by atoms with Gasteiger partial charge in [-0.1, -0.05) is 17.7 Å². The van der Waals surface area contributed by atoms with E-state index in [0.29, 0.717) is 0 Å². The Morgan fingerprint density at radius 3 is 2.67 bits per heavy atom. The Morgan fingerprint density at radius 1 is 1.22 bits per heavy atom. The SMILES string of the molecule is Cc1ccc(Cl)cc1NCCN1CCN(C)CC1. The summed E-state index contributed by atoms with van der Waals surface area (Å²) in [7, 11) is 2.19. The molecule has 0 radical (unpaired) electrons. The van der Waals surface area contributed by atoms with Crippen molar-refractivity contribution >= 4 is 17.3 Å². The monoisotopic (exact) mass is 267 g/mol. The molecule has 0 spiro atoms. The molecule has 1 heterocycles. The molecule has 0 amide bonds. The summed E-state index contributed by atoms with van der Waals surface area (Å²) in [6, 6.07) is 5.99. The maximum atomic E-state index is 6.00. The first-order chi connectivity index (χ1) is 8.65. The lowest BCUT2D eigenvalue weighted by molar-refractivity contribution is 0.158. The number of rotatable bonds is 4. The molecule has 1 aromatic carbocycles. The summed E-state index contributed by atoms with van der Waals surface area (Å²) in [5.74, 6) is 0. The molecular formula is C14H22ClN3. The van der Waals surface area contributed by atoms with Crippen LogP contribution in [0.25, 0.3) is 0 Å². The molecule has 0 saturated carbocycles. The van der Waals surface area contributed by atoms with Crippen LogP contribution in [0.2, 0.25) is 5.02 Å². The van der Waals surface area contributed by atoms with Crippen molar-refractivity contribution in [2.75, 3.05) is 51.6 Å². The van der Waals surface area contributed by atoms with Gasteiger partial charge in [-0.25, -0.2) is 0 Å². The van der Waals surface area contributed by atoms with Gasteiger partial charge in [0, 0.05) is 50.0 Å². The first-order valence-corrected chi connectivity index (χ1v) is 6.94. The molecule has 1 saturated heterocycles. The van der Waals surface area contributed by atoms with Gasteiger partial charge in [0.25, 0.3) is 0 Å². The number of nitrogens with zero attached hydrogens (tertiary/aromatic N) is 2. The molecule has 1 N–H and O–H groups in total. The van der Waals surface area contributed by atoms with Gasteiger partial charge in [0.2, 0.25) is 0 Å². The summed E-state index contributed by atoms with van der Waals surface area (Å²) >= 11 is 6.00. The quantitative estimate of drug-likeness (QED) is 0.903. The Bertz CT molecular complexity index is 387. The summed E-state index contributed by atoms with van der Waals surface area (Å²) in [4.78, 5) is 4.89. The van der Waals surface area contributed by atoms with Gasteiger partial charge in [-0.2, -0.15) is 0 Å². The van der Waals surface area contributed by atoms with Crippen molar-refractivity contribution < 1.29 is 0 Å². The molecule has 0 aliphatic carbocycles. The maximum Gasteiger partial charge on any atom is 0.0426 e. The number of anilines is 1. The molecule has 0 bridgehead atoms. The largest absolute Gasteiger partial charge is 0.384 e. The number of halogens is 1. The van der Waals surface area contributed by atoms with Crippen LogP contribution in [0.4, 0.5) is 5.69 Å². The van der Waals surface area contributed by atoms with Gasteiger partial charge in [0.05, 0.1) is 0 Å². The van der Waals surface area contributed by atoms with Crippen LogP contribution in [0.15, 0.2) is 18.2 Å². The van der Waals surface area contributed by atoms with Crippen LogP contribution in [0.3, 0.4) is 0 Å². The molecule has 1 aliphatic heterocycles. The third-order valence-corrected chi connectivity index (χ3v) is 3.77. The van der Waals surface area contributed by atoms with Crippen LogP contribution in [-0.4, -0.2) is 56.1 Å². The van der Waals surface area contributed by atoms with E-state index in [-0.39, 0.29) is 0 Å². The van der Waals surface area contributed by atoms with Gasteiger partial charge >= 0.3 is 0 Å². The molecule has 4 heteroatoms. The predicted molar refractivity (Wildman–Crippen MR) is 78.6 cm³/mol. The third-order valence-electron chi connectivity index (χ3n) is 3.54. The number of hydrogen-bond donors (Lipinski definition) is 1. The first kappa shape index (κ1) is 13.7. The minimum absolute atomic E-state index is 0.794. The Hall–Kier alpha value is -0.770. The number of nitrogens with one attached hydrogen (secondary N) is 1. The van der Waals surface area contributed by atoms with Crippen molar-refractivity contribution in [3.05, 3.63) is 28.8 Å². The van der Waals surface area contributed by atoms with Crippen LogP contribution in [0, 0.1) is 6.92 Å². The fraction of sp³-hybridized carbons (Fsp3) is 0.571. The van der Waals surface area contributed by atoms with Gasteiger partial charge < -0.3 is 10.2 Å². The molecule has 18 heavy (non-hydrogen) atoms. The Kier molecular flexibility index (Phi) is 4.87. The Labute approximate surface area is 115 Å². The van der Waals surface area contributed by atoms with Gasteiger partial charge in [0.15, 0.2) is 0 Å². The average Bonchev–Trinajstić information content (AvgIpc) is 2.36. The van der Waals surface area contributed by atoms with E-state index in [9.17, 15) is 0 Å². The van der Waals surface area contributed by atoms with E-state index < -0.39 is 0 Å². The van der Waals surface area contributed by atoms with Gasteiger partial charge in [-0.05, 0) is 31.7 Å². The van der Waals surface area contributed by atoms with E-state index in [0.717, 1.165) is 23.8 Å². The van der Waals surface area contributed by atoms with E-state index in [4.69, 9.17) is 11.6 Å². The van der Waals surface area contributed by atoms with Crippen molar-refractivity contribution in [2.45, 2.75) is 6.92 Å². The normalized spacial score (nSPS) is 17.9. The number of hydrogen-bond acceptors (Lipinski definition) is 3. The van der Waals surface area contributed by atoms with Crippen molar-refractivity contribution in [1.29, 1.82) is 0 Å². The molecule has 1 fully saturated rings. The summed E-state index contributed by atoms with van der Waals surface area (Å²) in [5.41, 5.74) is 2.40. The zero-order chi connectivity index (χ0) is 13.0. The lowest BCUT2D eigenvalue weighted by Gasteiger charge is -2.32. The minimum Gasteiger partial charge on any atom is -0.384 e. The van der Waals surface area contributed by atoms with Crippen molar-refractivity contribution in [1.82, 2.24) is 9.80 Å². The highest BCUT2D eigenvalue weighted by Crippen LogP contribution is 2.19. The number of aryl methyl sites for hydroxylation is 1. The van der Waals surface area contributed by atoms with Gasteiger partial charge in [0.1, 0.15) is 0 Å². The lowest BCUT2D eigenvalue weighted by Crippen LogP contribution is -2.45. The number of benzene rings is 1. The van der Waals surface area contributed by atoms with Crippen LogP contribution < -0.4 is 5.32 Å². The average molecular weight is 268 g/mol. The van der Waals surface area contributed by atoms with E-state index in [1.165, 1.54) is 31.7 Å². The van der Waals surface area contributed by atoms with Crippen molar-refractivity contribution in [3.8, 4) is 0 Å². The topological polar surface area (TPSA) is 18.5 Å². The first-order valence-electron chi connectivity index (χ1n) is 6.56.